The molecule has 1 aliphatic rings. The molecular formula is C12H20ClN3O3P+. The summed E-state index contributed by atoms with van der Waals surface area (Å²) in [4.78, 5) is 15.3. The average molecular weight is 321 g/mol. The molecule has 2 atom stereocenters. The fourth-order valence-electron chi connectivity index (χ4n) is 2.29. The number of nitrogens with zero attached hydrogens (tertiary/aromatic N) is 2. The van der Waals surface area contributed by atoms with E-state index in [0.29, 0.717) is 5.92 Å². The van der Waals surface area contributed by atoms with E-state index in [1.165, 1.54) is 0 Å². The molecule has 0 spiro atoms. The lowest BCUT2D eigenvalue weighted by molar-refractivity contribution is 0.403. The number of anilines is 1. The molecule has 0 bridgehead atoms. The first-order valence-corrected chi connectivity index (χ1v) is 7.46. The van der Waals surface area contributed by atoms with Crippen molar-refractivity contribution in [2.45, 2.75) is 26.3 Å². The highest BCUT2D eigenvalue weighted by Gasteiger charge is 2.26. The molecule has 0 fully saturated rings. The molecule has 1 aliphatic heterocycles. The van der Waals surface area contributed by atoms with Crippen LogP contribution in [0.3, 0.4) is 0 Å². The molecule has 0 radical (unpaired) electrons. The van der Waals surface area contributed by atoms with E-state index in [0.717, 1.165) is 30.9 Å². The zero-order valence-electron chi connectivity index (χ0n) is 11.5. The van der Waals surface area contributed by atoms with Crippen LogP contribution < -0.4 is 15.2 Å². The second-order valence-electron chi connectivity index (χ2n) is 5.13. The van der Waals surface area contributed by atoms with Crippen molar-refractivity contribution in [1.29, 1.82) is 0 Å². The Hall–Kier alpha value is -0.940. The van der Waals surface area contributed by atoms with Gasteiger partial charge >= 0.3 is 8.25 Å². The van der Waals surface area contributed by atoms with Crippen LogP contribution in [0.4, 0.5) is 5.82 Å². The van der Waals surface area contributed by atoms with Crippen LogP contribution in [-0.2, 0) is 4.57 Å². The molecule has 0 aliphatic carbocycles. The van der Waals surface area contributed by atoms with E-state index in [4.69, 9.17) is 15.2 Å². The third-order valence-corrected chi connectivity index (χ3v) is 3.39. The van der Waals surface area contributed by atoms with Gasteiger partial charge in [-0.25, -0.2) is 4.52 Å². The molecule has 2 heterocycles. The minimum Gasteiger partial charge on any atom is -0.356 e. The standard InChI is InChI=1S/C12H18N3O3P.ClH/c1-8(2)7-15-6-5-10(13)9-3-4-11(14-12(9)15)18-19(16)17;/h3-4,8,10H,5-7,13H2,1-2H3;1H/p+1. The maximum Gasteiger partial charge on any atom is 0.749 e. The molecule has 8 heteroatoms. The van der Waals surface area contributed by atoms with Crippen molar-refractivity contribution in [3.05, 3.63) is 17.7 Å². The molecule has 0 aromatic carbocycles. The van der Waals surface area contributed by atoms with Crippen LogP contribution in [0.15, 0.2) is 12.1 Å². The SMILES string of the molecule is CC(C)CN1CCC(N)c2ccc(O[P+](=O)O)nc21.Cl. The Kier molecular flexibility index (Phi) is 6.14. The fraction of sp³-hybridized carbons (Fsp3) is 0.583. The summed E-state index contributed by atoms with van der Waals surface area (Å²) in [6, 6.07) is 3.37. The molecule has 2 rings (SSSR count). The van der Waals surface area contributed by atoms with Crippen molar-refractivity contribution < 1.29 is 14.0 Å². The summed E-state index contributed by atoms with van der Waals surface area (Å²) in [5.41, 5.74) is 7.04. The highest BCUT2D eigenvalue weighted by atomic mass is 35.5. The summed E-state index contributed by atoms with van der Waals surface area (Å²) >= 11 is 0. The van der Waals surface area contributed by atoms with Gasteiger partial charge in [0.1, 0.15) is 5.82 Å². The van der Waals surface area contributed by atoms with Gasteiger partial charge in [-0.15, -0.1) is 17.3 Å². The third kappa shape index (κ3) is 4.03. The summed E-state index contributed by atoms with van der Waals surface area (Å²) in [5.74, 6) is 1.43. The van der Waals surface area contributed by atoms with Gasteiger partial charge in [0.05, 0.1) is 0 Å². The summed E-state index contributed by atoms with van der Waals surface area (Å²) < 4.78 is 15.5. The number of hydrogen-bond acceptors (Lipinski definition) is 5. The maximum atomic E-state index is 10.7. The normalized spacial score (nSPS) is 18.4. The van der Waals surface area contributed by atoms with Crippen LogP contribution in [0.1, 0.15) is 31.9 Å². The highest BCUT2D eigenvalue weighted by molar-refractivity contribution is 7.32. The number of halogens is 1. The van der Waals surface area contributed by atoms with Crippen LogP contribution in [0, 0.1) is 5.92 Å². The maximum absolute atomic E-state index is 10.7. The zero-order chi connectivity index (χ0) is 14.0. The summed E-state index contributed by atoms with van der Waals surface area (Å²) in [6.45, 7) is 5.99. The molecule has 6 nitrogen and oxygen atoms in total. The zero-order valence-corrected chi connectivity index (χ0v) is 13.2. The average Bonchev–Trinajstić information content (AvgIpc) is 2.31. The lowest BCUT2D eigenvalue weighted by Crippen LogP contribution is -2.36. The number of aromatic nitrogens is 1. The Morgan fingerprint density at radius 2 is 2.30 bits per heavy atom. The van der Waals surface area contributed by atoms with Gasteiger partial charge in [-0.05, 0) is 18.4 Å². The number of hydrogen-bond donors (Lipinski definition) is 2. The second kappa shape index (κ2) is 7.18. The van der Waals surface area contributed by atoms with Gasteiger partial charge < -0.3 is 10.6 Å². The summed E-state index contributed by atoms with van der Waals surface area (Å²) in [5, 5.41) is 0. The van der Waals surface area contributed by atoms with E-state index in [-0.39, 0.29) is 24.3 Å². The summed E-state index contributed by atoms with van der Waals surface area (Å²) in [7, 11) is -2.69. The summed E-state index contributed by atoms with van der Waals surface area (Å²) in [6.07, 6.45) is 0.885. The molecule has 1 aromatic rings. The van der Waals surface area contributed by atoms with Gasteiger partial charge in [-0.1, -0.05) is 13.8 Å². The van der Waals surface area contributed by atoms with E-state index >= 15 is 0 Å². The number of pyridine rings is 1. The van der Waals surface area contributed by atoms with Crippen LogP contribution in [0.5, 0.6) is 5.88 Å². The van der Waals surface area contributed by atoms with Gasteiger partial charge in [0.25, 0.3) is 5.88 Å². The van der Waals surface area contributed by atoms with Crippen LogP contribution >= 0.6 is 20.7 Å². The van der Waals surface area contributed by atoms with Gasteiger partial charge in [0, 0.05) is 35.3 Å². The lowest BCUT2D eigenvalue weighted by Gasteiger charge is -2.34. The van der Waals surface area contributed by atoms with Crippen molar-refractivity contribution in [2.24, 2.45) is 11.7 Å². The van der Waals surface area contributed by atoms with Crippen LogP contribution in [0.25, 0.3) is 0 Å². The number of fused-ring (bicyclic) bond motifs is 1. The second-order valence-corrected chi connectivity index (χ2v) is 5.78. The monoisotopic (exact) mass is 320 g/mol. The predicted octanol–water partition coefficient (Wildman–Crippen LogP) is 2.40. The third-order valence-electron chi connectivity index (χ3n) is 3.05. The molecule has 0 saturated heterocycles. The van der Waals surface area contributed by atoms with E-state index in [9.17, 15) is 4.57 Å². The van der Waals surface area contributed by atoms with Crippen molar-refractivity contribution in [2.75, 3.05) is 18.0 Å². The van der Waals surface area contributed by atoms with E-state index < -0.39 is 8.25 Å². The Morgan fingerprint density at radius 3 is 2.90 bits per heavy atom. The largest absolute Gasteiger partial charge is 0.749 e. The molecule has 1 aromatic heterocycles. The quantitative estimate of drug-likeness (QED) is 0.828. The molecule has 112 valence electrons. The fourth-order valence-corrected chi connectivity index (χ4v) is 2.55. The number of rotatable bonds is 4. The molecule has 2 unspecified atom stereocenters. The van der Waals surface area contributed by atoms with Crippen LogP contribution in [0.2, 0.25) is 0 Å². The molecule has 0 saturated carbocycles. The van der Waals surface area contributed by atoms with Gasteiger partial charge in [-0.2, -0.15) is 4.98 Å². The van der Waals surface area contributed by atoms with Crippen LogP contribution in [-0.4, -0.2) is 23.0 Å². The molecular weight excluding hydrogens is 301 g/mol. The van der Waals surface area contributed by atoms with Crippen molar-refractivity contribution in [3.63, 3.8) is 0 Å². The lowest BCUT2D eigenvalue weighted by atomic mass is 9.99. The van der Waals surface area contributed by atoms with Gasteiger partial charge in [0.15, 0.2) is 0 Å². The Bertz CT molecular complexity index is 487. The molecule has 0 amide bonds. The van der Waals surface area contributed by atoms with Crippen molar-refractivity contribution in [3.8, 4) is 5.88 Å². The first-order valence-electron chi connectivity index (χ1n) is 6.33. The van der Waals surface area contributed by atoms with Gasteiger partial charge in [-0.3, -0.25) is 0 Å². The first kappa shape index (κ1) is 17.1. The molecule has 20 heavy (non-hydrogen) atoms. The van der Waals surface area contributed by atoms with Gasteiger partial charge in [0.2, 0.25) is 0 Å². The van der Waals surface area contributed by atoms with Crippen molar-refractivity contribution in [1.82, 2.24) is 4.98 Å². The number of nitrogens with two attached hydrogens (primary N) is 1. The van der Waals surface area contributed by atoms with E-state index in [1.807, 2.05) is 6.07 Å². The first-order chi connectivity index (χ1) is 8.97. The Balaban J connectivity index is 0.00000200. The minimum atomic E-state index is -2.69. The predicted molar refractivity (Wildman–Crippen MR) is 80.5 cm³/mol. The van der Waals surface area contributed by atoms with Crippen molar-refractivity contribution >= 4 is 26.5 Å². The van der Waals surface area contributed by atoms with E-state index in [1.54, 1.807) is 6.07 Å². The molecule has 3 N–H and O–H groups in total. The van der Waals surface area contributed by atoms with E-state index in [2.05, 4.69) is 23.7 Å². The topological polar surface area (TPSA) is 88.7 Å². The minimum absolute atomic E-state index is 0. The Morgan fingerprint density at radius 1 is 1.60 bits per heavy atom. The Labute approximate surface area is 125 Å². The smallest absolute Gasteiger partial charge is 0.356 e. The highest BCUT2D eigenvalue weighted by Crippen LogP contribution is 2.34.